The highest BCUT2D eigenvalue weighted by atomic mass is 16.5. The molecule has 2 aliphatic rings. The lowest BCUT2D eigenvalue weighted by Gasteiger charge is -2.16. The van der Waals surface area contributed by atoms with Crippen LogP contribution in [-0.2, 0) is 11.3 Å². The lowest BCUT2D eigenvalue weighted by Crippen LogP contribution is -2.35. The number of rotatable bonds is 6. The van der Waals surface area contributed by atoms with Crippen LogP contribution in [0.15, 0.2) is 34.4 Å². The van der Waals surface area contributed by atoms with Gasteiger partial charge in [-0.05, 0) is 38.8 Å². The molecule has 9 heteroatoms. The Morgan fingerprint density at radius 1 is 1.40 bits per heavy atom. The molecule has 1 amide bonds. The molecule has 4 N–H and O–H groups in total. The third-order valence-corrected chi connectivity index (χ3v) is 4.96. The minimum Gasteiger partial charge on any atom is -0.491 e. The Morgan fingerprint density at radius 2 is 2.20 bits per heavy atom. The van der Waals surface area contributed by atoms with Crippen molar-refractivity contribution in [2.45, 2.75) is 45.4 Å². The van der Waals surface area contributed by atoms with Crippen molar-refractivity contribution < 1.29 is 14.3 Å². The molecular formula is C21H26N6O3. The standard InChI is InChI=1S/C21H26N6O3/c1-12(2)25-20(24-11-22)16-10-27-7-8-29-17-9-14(5-6-15(17)21(27)26-16)30-18(19(23)28)13-3-4-13/h5-6,9-13,18H,3-4,7-8H2,1-2H3,(H2,23,28)(H2,22,24,25). The number of fused-ring (bicyclic) bond motifs is 3. The quantitative estimate of drug-likeness (QED) is 0.553. The van der Waals surface area contributed by atoms with E-state index in [1.54, 1.807) is 6.07 Å². The van der Waals surface area contributed by atoms with Crippen LogP contribution < -0.4 is 20.9 Å². The van der Waals surface area contributed by atoms with Crippen molar-refractivity contribution in [3.05, 3.63) is 30.1 Å². The van der Waals surface area contributed by atoms with Crippen LogP contribution in [0.3, 0.4) is 0 Å². The molecule has 1 fully saturated rings. The summed E-state index contributed by atoms with van der Waals surface area (Å²) in [5.41, 5.74) is 12.5. The zero-order valence-electron chi connectivity index (χ0n) is 17.1. The molecular weight excluding hydrogens is 384 g/mol. The number of amidine groups is 1. The highest BCUT2D eigenvalue weighted by Gasteiger charge is 2.37. The van der Waals surface area contributed by atoms with E-state index in [-0.39, 0.29) is 12.0 Å². The largest absolute Gasteiger partial charge is 0.491 e. The monoisotopic (exact) mass is 410 g/mol. The first-order valence-corrected chi connectivity index (χ1v) is 10.1. The number of hydrogen-bond acceptors (Lipinski definition) is 5. The number of aromatic nitrogens is 2. The van der Waals surface area contributed by atoms with Gasteiger partial charge < -0.3 is 25.5 Å². The van der Waals surface area contributed by atoms with Gasteiger partial charge in [0.25, 0.3) is 5.91 Å². The molecule has 2 heterocycles. The Balaban J connectivity index is 1.67. The summed E-state index contributed by atoms with van der Waals surface area (Å²) < 4.78 is 13.8. The van der Waals surface area contributed by atoms with E-state index in [4.69, 9.17) is 25.9 Å². The third kappa shape index (κ3) is 4.14. The van der Waals surface area contributed by atoms with E-state index in [1.807, 2.05) is 36.7 Å². The Kier molecular flexibility index (Phi) is 5.43. The summed E-state index contributed by atoms with van der Waals surface area (Å²) in [6.45, 7) is 5.04. The van der Waals surface area contributed by atoms with Crippen LogP contribution in [0.1, 0.15) is 32.4 Å². The molecule has 1 unspecified atom stereocenters. The molecule has 1 aromatic heterocycles. The Morgan fingerprint density at radius 3 is 2.87 bits per heavy atom. The van der Waals surface area contributed by atoms with Gasteiger partial charge in [0.1, 0.15) is 29.6 Å². The molecule has 1 saturated carbocycles. The SMILES string of the molecule is CC(C)N=C(N=CN)c1cn2c(n1)-c1ccc(OC(C(N)=O)C3CC3)cc1OCC2. The van der Waals surface area contributed by atoms with Gasteiger partial charge in [-0.15, -0.1) is 0 Å². The zero-order chi connectivity index (χ0) is 21.3. The lowest BCUT2D eigenvalue weighted by atomic mass is 10.1. The third-order valence-electron chi connectivity index (χ3n) is 4.96. The fraction of sp³-hybridized carbons (Fsp3) is 0.429. The minimum atomic E-state index is -0.605. The van der Waals surface area contributed by atoms with Crippen LogP contribution in [0.5, 0.6) is 11.5 Å². The summed E-state index contributed by atoms with van der Waals surface area (Å²) in [7, 11) is 0. The van der Waals surface area contributed by atoms with E-state index in [1.165, 1.54) is 6.34 Å². The summed E-state index contributed by atoms with van der Waals surface area (Å²) in [4.78, 5) is 25.1. The van der Waals surface area contributed by atoms with Crippen LogP contribution in [0.2, 0.25) is 0 Å². The minimum absolute atomic E-state index is 0.0604. The van der Waals surface area contributed by atoms with Gasteiger partial charge in [0.15, 0.2) is 11.9 Å². The second-order valence-corrected chi connectivity index (χ2v) is 7.75. The number of nitrogens with zero attached hydrogens (tertiary/aromatic N) is 4. The molecule has 0 radical (unpaired) electrons. The molecule has 0 saturated heterocycles. The van der Waals surface area contributed by atoms with Crippen LogP contribution >= 0.6 is 0 Å². The predicted molar refractivity (Wildman–Crippen MR) is 114 cm³/mol. The van der Waals surface area contributed by atoms with E-state index in [0.29, 0.717) is 36.2 Å². The van der Waals surface area contributed by atoms with Gasteiger partial charge >= 0.3 is 0 Å². The summed E-state index contributed by atoms with van der Waals surface area (Å²) >= 11 is 0. The van der Waals surface area contributed by atoms with Crippen molar-refractivity contribution in [1.29, 1.82) is 0 Å². The first kappa shape index (κ1) is 19.9. The first-order valence-electron chi connectivity index (χ1n) is 10.1. The number of aliphatic imine (C=N–C) groups is 2. The molecule has 1 atom stereocenters. The van der Waals surface area contributed by atoms with Gasteiger partial charge in [-0.25, -0.2) is 9.98 Å². The topological polar surface area (TPSA) is 130 Å². The molecule has 1 aliphatic carbocycles. The molecule has 2 aromatic rings. The summed E-state index contributed by atoms with van der Waals surface area (Å²) in [5.74, 6) is 2.20. The molecule has 30 heavy (non-hydrogen) atoms. The number of imidazole rings is 1. The smallest absolute Gasteiger partial charge is 0.258 e. The maximum Gasteiger partial charge on any atom is 0.258 e. The number of nitrogens with two attached hydrogens (primary N) is 2. The van der Waals surface area contributed by atoms with Gasteiger partial charge in [-0.1, -0.05) is 0 Å². The molecule has 1 aromatic carbocycles. The normalized spacial score (nSPS) is 17.2. The summed E-state index contributed by atoms with van der Waals surface area (Å²) in [5, 5.41) is 0. The number of carbonyl (C=O) groups excluding carboxylic acids is 1. The first-order chi connectivity index (χ1) is 14.5. The van der Waals surface area contributed by atoms with E-state index in [0.717, 1.165) is 24.2 Å². The second-order valence-electron chi connectivity index (χ2n) is 7.75. The predicted octanol–water partition coefficient (Wildman–Crippen LogP) is 1.73. The molecule has 0 spiro atoms. The van der Waals surface area contributed by atoms with E-state index in [2.05, 4.69) is 9.98 Å². The van der Waals surface area contributed by atoms with Gasteiger partial charge in [0.05, 0.1) is 18.4 Å². The van der Waals surface area contributed by atoms with Gasteiger partial charge in [0, 0.05) is 24.2 Å². The summed E-state index contributed by atoms with van der Waals surface area (Å²) in [6.07, 6.45) is 4.44. The average Bonchev–Trinajstić information content (AvgIpc) is 3.47. The van der Waals surface area contributed by atoms with Crippen molar-refractivity contribution in [1.82, 2.24) is 9.55 Å². The molecule has 158 valence electrons. The van der Waals surface area contributed by atoms with Crippen LogP contribution in [0.4, 0.5) is 0 Å². The van der Waals surface area contributed by atoms with Crippen molar-refractivity contribution in [3.8, 4) is 22.9 Å². The van der Waals surface area contributed by atoms with E-state index >= 15 is 0 Å². The van der Waals surface area contributed by atoms with Crippen molar-refractivity contribution in [2.24, 2.45) is 27.4 Å². The molecule has 0 bridgehead atoms. The molecule has 9 nitrogen and oxygen atoms in total. The lowest BCUT2D eigenvalue weighted by molar-refractivity contribution is -0.125. The second kappa shape index (κ2) is 8.17. The Hall–Kier alpha value is -3.36. The van der Waals surface area contributed by atoms with E-state index in [9.17, 15) is 4.79 Å². The Bertz CT molecular complexity index is 1010. The highest BCUT2D eigenvalue weighted by molar-refractivity contribution is 6.01. The zero-order valence-corrected chi connectivity index (χ0v) is 17.1. The van der Waals surface area contributed by atoms with Crippen molar-refractivity contribution >= 4 is 18.1 Å². The fourth-order valence-corrected chi connectivity index (χ4v) is 3.46. The van der Waals surface area contributed by atoms with Crippen LogP contribution in [0, 0.1) is 5.92 Å². The van der Waals surface area contributed by atoms with Gasteiger partial charge in [-0.3, -0.25) is 9.79 Å². The van der Waals surface area contributed by atoms with Crippen molar-refractivity contribution in [2.75, 3.05) is 6.61 Å². The van der Waals surface area contributed by atoms with Crippen molar-refractivity contribution in [3.63, 3.8) is 0 Å². The highest BCUT2D eigenvalue weighted by Crippen LogP contribution is 2.38. The van der Waals surface area contributed by atoms with Gasteiger partial charge in [0.2, 0.25) is 0 Å². The number of carbonyl (C=O) groups is 1. The average molecular weight is 410 g/mol. The number of primary amides is 1. The van der Waals surface area contributed by atoms with Crippen LogP contribution in [0.25, 0.3) is 11.4 Å². The number of hydrogen-bond donors (Lipinski definition) is 2. The maximum atomic E-state index is 11.7. The summed E-state index contributed by atoms with van der Waals surface area (Å²) in [6, 6.07) is 5.55. The fourth-order valence-electron chi connectivity index (χ4n) is 3.46. The number of amides is 1. The Labute approximate surface area is 174 Å². The van der Waals surface area contributed by atoms with Gasteiger partial charge in [-0.2, -0.15) is 0 Å². The molecule has 1 aliphatic heterocycles. The number of benzene rings is 1. The molecule has 4 rings (SSSR count). The van der Waals surface area contributed by atoms with E-state index < -0.39 is 12.0 Å². The maximum absolute atomic E-state index is 11.7. The van der Waals surface area contributed by atoms with Crippen LogP contribution in [-0.4, -0.2) is 46.4 Å². The number of ether oxygens (including phenoxy) is 2.